The molecule has 0 bridgehead atoms. The molecule has 0 saturated carbocycles. The third-order valence-electron chi connectivity index (χ3n) is 1.85. The Kier molecular flexibility index (Phi) is 2.97. The summed E-state index contributed by atoms with van der Waals surface area (Å²) in [5.74, 6) is 0.0963. The normalized spacial score (nSPS) is 10.0. The molecule has 2 N–H and O–H groups in total. The molecule has 0 atom stereocenters. The molecular weight excluding hydrogens is 168 g/mol. The van der Waals surface area contributed by atoms with E-state index in [4.69, 9.17) is 0 Å². The van der Waals surface area contributed by atoms with Gasteiger partial charge in [-0.05, 0) is 14.0 Å². The Bertz CT molecular complexity index is 324. The fourth-order valence-corrected chi connectivity index (χ4v) is 1.12. The van der Waals surface area contributed by atoms with Gasteiger partial charge >= 0.3 is 0 Å². The number of aromatic hydroxyl groups is 1. The first kappa shape index (κ1) is 9.67. The summed E-state index contributed by atoms with van der Waals surface area (Å²) in [6.07, 6.45) is 2.16. The lowest BCUT2D eigenvalue weighted by atomic mass is 10.1. The molecule has 0 aliphatic carbocycles. The van der Waals surface area contributed by atoms with Crippen molar-refractivity contribution in [2.24, 2.45) is 0 Å². The molecule has 0 radical (unpaired) electrons. The van der Waals surface area contributed by atoms with Crippen molar-refractivity contribution in [3.05, 3.63) is 23.0 Å². The zero-order valence-corrected chi connectivity index (χ0v) is 7.66. The first-order chi connectivity index (χ1) is 6.20. The lowest BCUT2D eigenvalue weighted by molar-refractivity contribution is 0.112. The molecule has 4 nitrogen and oxygen atoms in total. The Balaban J connectivity index is 3.23. The van der Waals surface area contributed by atoms with E-state index in [1.54, 1.807) is 14.0 Å². The Morgan fingerprint density at radius 2 is 2.38 bits per heavy atom. The van der Waals surface area contributed by atoms with E-state index in [2.05, 4.69) is 10.3 Å². The van der Waals surface area contributed by atoms with Gasteiger partial charge in [0.25, 0.3) is 0 Å². The van der Waals surface area contributed by atoms with E-state index in [-0.39, 0.29) is 5.75 Å². The fourth-order valence-electron chi connectivity index (χ4n) is 1.12. The molecule has 0 aromatic carbocycles. The van der Waals surface area contributed by atoms with Crippen molar-refractivity contribution in [1.82, 2.24) is 10.3 Å². The average Bonchev–Trinajstić information content (AvgIpc) is 2.14. The van der Waals surface area contributed by atoms with Gasteiger partial charge in [-0.15, -0.1) is 0 Å². The monoisotopic (exact) mass is 180 g/mol. The van der Waals surface area contributed by atoms with Crippen LogP contribution < -0.4 is 5.32 Å². The second-order valence-corrected chi connectivity index (χ2v) is 2.77. The molecule has 1 aromatic heterocycles. The minimum Gasteiger partial charge on any atom is -0.506 e. The summed E-state index contributed by atoms with van der Waals surface area (Å²) in [6, 6.07) is 0. The summed E-state index contributed by atoms with van der Waals surface area (Å²) in [5.41, 5.74) is 1.57. The third kappa shape index (κ3) is 1.84. The van der Waals surface area contributed by atoms with Crippen LogP contribution in [0.3, 0.4) is 0 Å². The lowest BCUT2D eigenvalue weighted by Gasteiger charge is -2.07. The van der Waals surface area contributed by atoms with Gasteiger partial charge in [0.1, 0.15) is 5.75 Å². The zero-order valence-electron chi connectivity index (χ0n) is 7.66. The molecule has 1 aromatic rings. The van der Waals surface area contributed by atoms with Crippen molar-refractivity contribution in [2.75, 3.05) is 7.05 Å². The summed E-state index contributed by atoms with van der Waals surface area (Å²) in [7, 11) is 1.75. The van der Waals surface area contributed by atoms with Crippen LogP contribution in [0.25, 0.3) is 0 Å². The van der Waals surface area contributed by atoms with Crippen molar-refractivity contribution in [3.8, 4) is 5.75 Å². The number of nitrogens with one attached hydrogen (secondary N) is 1. The second kappa shape index (κ2) is 4.00. The number of aryl methyl sites for hydroxylation is 1. The summed E-state index contributed by atoms with van der Waals surface area (Å²) in [4.78, 5) is 14.5. The topological polar surface area (TPSA) is 62.2 Å². The van der Waals surface area contributed by atoms with Crippen LogP contribution in [-0.4, -0.2) is 23.4 Å². The number of aldehydes is 1. The van der Waals surface area contributed by atoms with E-state index < -0.39 is 0 Å². The summed E-state index contributed by atoms with van der Waals surface area (Å²) < 4.78 is 0. The molecule has 0 amide bonds. The summed E-state index contributed by atoms with van der Waals surface area (Å²) in [6.45, 7) is 2.16. The largest absolute Gasteiger partial charge is 0.506 e. The lowest BCUT2D eigenvalue weighted by Crippen LogP contribution is -2.09. The van der Waals surface area contributed by atoms with E-state index in [9.17, 15) is 9.90 Å². The first-order valence-corrected chi connectivity index (χ1v) is 3.98. The number of hydrogen-bond acceptors (Lipinski definition) is 4. The van der Waals surface area contributed by atoms with Crippen LogP contribution in [0.1, 0.15) is 21.6 Å². The minimum absolute atomic E-state index is 0.0963. The van der Waals surface area contributed by atoms with Crippen LogP contribution in [0.15, 0.2) is 6.20 Å². The molecule has 0 spiro atoms. The van der Waals surface area contributed by atoms with Gasteiger partial charge in [0.05, 0.1) is 5.69 Å². The van der Waals surface area contributed by atoms with E-state index in [0.717, 1.165) is 0 Å². The van der Waals surface area contributed by atoms with Gasteiger partial charge in [-0.2, -0.15) is 0 Å². The van der Waals surface area contributed by atoms with Gasteiger partial charge in [0, 0.05) is 23.9 Å². The van der Waals surface area contributed by atoms with Crippen molar-refractivity contribution >= 4 is 6.29 Å². The Labute approximate surface area is 76.6 Å². The molecule has 70 valence electrons. The van der Waals surface area contributed by atoms with Crippen molar-refractivity contribution in [2.45, 2.75) is 13.5 Å². The molecule has 1 heterocycles. The highest BCUT2D eigenvalue weighted by atomic mass is 16.3. The van der Waals surface area contributed by atoms with Gasteiger partial charge in [0.15, 0.2) is 6.29 Å². The molecule has 0 aliphatic rings. The maximum absolute atomic E-state index is 10.6. The molecule has 0 unspecified atom stereocenters. The molecule has 0 saturated heterocycles. The smallest absolute Gasteiger partial charge is 0.152 e. The van der Waals surface area contributed by atoms with Gasteiger partial charge in [0.2, 0.25) is 0 Å². The Morgan fingerprint density at radius 3 is 2.92 bits per heavy atom. The van der Waals surface area contributed by atoms with Crippen LogP contribution in [0, 0.1) is 6.92 Å². The maximum atomic E-state index is 10.6. The van der Waals surface area contributed by atoms with E-state index in [1.807, 2.05) is 0 Å². The van der Waals surface area contributed by atoms with E-state index in [1.165, 1.54) is 6.20 Å². The number of pyridine rings is 1. The van der Waals surface area contributed by atoms with Crippen LogP contribution in [-0.2, 0) is 6.54 Å². The van der Waals surface area contributed by atoms with Crippen LogP contribution in [0.5, 0.6) is 5.75 Å². The second-order valence-electron chi connectivity index (χ2n) is 2.77. The summed E-state index contributed by atoms with van der Waals surface area (Å²) >= 11 is 0. The van der Waals surface area contributed by atoms with E-state index >= 15 is 0 Å². The number of aromatic nitrogens is 1. The third-order valence-corrected chi connectivity index (χ3v) is 1.85. The van der Waals surface area contributed by atoms with Crippen molar-refractivity contribution in [3.63, 3.8) is 0 Å². The number of hydrogen-bond donors (Lipinski definition) is 2. The van der Waals surface area contributed by atoms with E-state index in [0.29, 0.717) is 29.7 Å². The SMILES string of the molecule is CNCc1c(C=O)cnc(C)c1O. The Morgan fingerprint density at radius 1 is 1.69 bits per heavy atom. The van der Waals surface area contributed by atoms with Gasteiger partial charge in [-0.3, -0.25) is 9.78 Å². The molecule has 4 heteroatoms. The van der Waals surface area contributed by atoms with Gasteiger partial charge in [-0.25, -0.2) is 0 Å². The number of rotatable bonds is 3. The predicted octanol–water partition coefficient (Wildman–Crippen LogP) is 0.628. The Hall–Kier alpha value is -1.42. The fraction of sp³-hybridized carbons (Fsp3) is 0.333. The quantitative estimate of drug-likeness (QED) is 0.670. The summed E-state index contributed by atoms with van der Waals surface area (Å²) in [5, 5.41) is 12.5. The minimum atomic E-state index is 0.0963. The molecule has 0 fully saturated rings. The van der Waals surface area contributed by atoms with Crippen LogP contribution in [0.4, 0.5) is 0 Å². The first-order valence-electron chi connectivity index (χ1n) is 3.98. The van der Waals surface area contributed by atoms with Crippen LogP contribution in [0.2, 0.25) is 0 Å². The maximum Gasteiger partial charge on any atom is 0.152 e. The highest BCUT2D eigenvalue weighted by molar-refractivity contribution is 5.78. The number of nitrogens with zero attached hydrogens (tertiary/aromatic N) is 1. The highest BCUT2D eigenvalue weighted by Gasteiger charge is 2.09. The molecule has 1 rings (SSSR count). The molecular formula is C9H12N2O2. The highest BCUT2D eigenvalue weighted by Crippen LogP contribution is 2.22. The van der Waals surface area contributed by atoms with Crippen molar-refractivity contribution in [1.29, 1.82) is 0 Å². The molecule has 13 heavy (non-hydrogen) atoms. The zero-order chi connectivity index (χ0) is 9.84. The van der Waals surface area contributed by atoms with Crippen LogP contribution >= 0.6 is 0 Å². The number of carbonyl (C=O) groups is 1. The predicted molar refractivity (Wildman–Crippen MR) is 48.8 cm³/mol. The van der Waals surface area contributed by atoms with Gasteiger partial charge in [-0.1, -0.05) is 0 Å². The molecule has 0 aliphatic heterocycles. The number of carbonyl (C=O) groups excluding carboxylic acids is 1. The average molecular weight is 180 g/mol. The van der Waals surface area contributed by atoms with Crippen molar-refractivity contribution < 1.29 is 9.90 Å². The van der Waals surface area contributed by atoms with Gasteiger partial charge < -0.3 is 10.4 Å². The standard InChI is InChI=1S/C9H12N2O2/c1-6-9(13)8(4-10-2)7(5-12)3-11-6/h3,5,10,13H,4H2,1-2H3.